The number of hydrogen-bond donors (Lipinski definition) is 0. The monoisotopic (exact) mass is 405 g/mol. The summed E-state index contributed by atoms with van der Waals surface area (Å²) >= 11 is 2.20. The zero-order valence-corrected chi connectivity index (χ0v) is 15.4. The molecule has 0 aliphatic heterocycles. The van der Waals surface area contributed by atoms with Gasteiger partial charge < -0.3 is 14.4 Å². The van der Waals surface area contributed by atoms with Crippen molar-refractivity contribution < 1.29 is 14.3 Å². The van der Waals surface area contributed by atoms with Crippen LogP contribution >= 0.6 is 22.6 Å². The molecule has 1 rings (SSSR count). The highest BCUT2D eigenvalue weighted by molar-refractivity contribution is 14.1. The molecule has 0 aromatic heterocycles. The van der Waals surface area contributed by atoms with E-state index >= 15 is 0 Å². The van der Waals surface area contributed by atoms with Gasteiger partial charge in [0, 0.05) is 18.7 Å². The van der Waals surface area contributed by atoms with E-state index in [1.807, 2.05) is 26.8 Å². The number of nitrogens with zero attached hydrogens (tertiary/aromatic N) is 1. The highest BCUT2D eigenvalue weighted by atomic mass is 127. The van der Waals surface area contributed by atoms with Crippen LogP contribution in [0.5, 0.6) is 11.5 Å². The normalized spacial score (nSPS) is 10.3. The summed E-state index contributed by atoms with van der Waals surface area (Å²) < 4.78 is 12.3. The van der Waals surface area contributed by atoms with E-state index < -0.39 is 0 Å². The van der Waals surface area contributed by atoms with Crippen LogP contribution in [0.15, 0.2) is 12.1 Å². The number of carbonyl (C=O) groups excluding carboxylic acids is 1. The van der Waals surface area contributed by atoms with Crippen molar-refractivity contribution in [3.8, 4) is 11.5 Å². The molecular formula is C16H24INO3. The molecule has 0 N–H and O–H groups in total. The Hall–Kier alpha value is -0.980. The quantitative estimate of drug-likeness (QED) is 0.615. The molecular weight excluding hydrogens is 381 g/mol. The molecule has 0 unspecified atom stereocenters. The standard InChI is InChI=1S/C16H24INO3/c1-5-9-21-15-13(17)10-12(11-14(15)20-8-4)16(19)18(6-2)7-3/h10-11H,5-9H2,1-4H3. The number of halogens is 1. The zero-order valence-electron chi connectivity index (χ0n) is 13.2. The van der Waals surface area contributed by atoms with E-state index in [1.54, 1.807) is 11.0 Å². The van der Waals surface area contributed by atoms with Gasteiger partial charge >= 0.3 is 0 Å². The predicted octanol–water partition coefficient (Wildman–Crippen LogP) is 3.96. The van der Waals surface area contributed by atoms with E-state index in [9.17, 15) is 4.79 Å². The van der Waals surface area contributed by atoms with Gasteiger partial charge in [-0.3, -0.25) is 4.79 Å². The lowest BCUT2D eigenvalue weighted by Crippen LogP contribution is -2.30. The third-order valence-electron chi connectivity index (χ3n) is 3.06. The third kappa shape index (κ3) is 4.76. The summed E-state index contributed by atoms with van der Waals surface area (Å²) in [7, 11) is 0. The molecule has 0 aliphatic rings. The van der Waals surface area contributed by atoms with Crippen molar-refractivity contribution in [3.05, 3.63) is 21.3 Å². The molecule has 1 aromatic rings. The molecule has 0 heterocycles. The molecule has 0 spiro atoms. The van der Waals surface area contributed by atoms with Crippen LogP contribution in [0.1, 0.15) is 44.5 Å². The Bertz CT molecular complexity index is 473. The maximum absolute atomic E-state index is 12.5. The van der Waals surface area contributed by atoms with E-state index in [1.165, 1.54) is 0 Å². The van der Waals surface area contributed by atoms with Gasteiger partial charge in [0.15, 0.2) is 11.5 Å². The fourth-order valence-corrected chi connectivity index (χ4v) is 2.75. The van der Waals surface area contributed by atoms with E-state index in [2.05, 4.69) is 29.5 Å². The van der Waals surface area contributed by atoms with Crippen molar-refractivity contribution in [2.75, 3.05) is 26.3 Å². The minimum atomic E-state index is 0.0286. The molecule has 0 bridgehead atoms. The first-order valence-corrected chi connectivity index (χ1v) is 8.55. The maximum Gasteiger partial charge on any atom is 0.254 e. The highest BCUT2D eigenvalue weighted by Gasteiger charge is 2.18. The molecule has 0 atom stereocenters. The third-order valence-corrected chi connectivity index (χ3v) is 3.86. The SMILES string of the molecule is CCCOc1c(I)cc(C(=O)N(CC)CC)cc1OCC. The van der Waals surface area contributed by atoms with Gasteiger partial charge in [0.2, 0.25) is 0 Å². The lowest BCUT2D eigenvalue weighted by Gasteiger charge is -2.20. The summed E-state index contributed by atoms with van der Waals surface area (Å²) in [4.78, 5) is 14.3. The number of benzene rings is 1. The Kier molecular flexibility index (Phi) is 7.85. The second-order valence-corrected chi connectivity index (χ2v) is 5.71. The number of hydrogen-bond acceptors (Lipinski definition) is 3. The summed E-state index contributed by atoms with van der Waals surface area (Å²) in [6.07, 6.45) is 0.932. The van der Waals surface area contributed by atoms with Crippen molar-refractivity contribution in [1.82, 2.24) is 4.90 Å². The fraction of sp³-hybridized carbons (Fsp3) is 0.562. The Morgan fingerprint density at radius 1 is 1.14 bits per heavy atom. The molecule has 0 radical (unpaired) electrons. The Labute approximate surface area is 140 Å². The topological polar surface area (TPSA) is 38.8 Å². The molecule has 4 nitrogen and oxygen atoms in total. The number of rotatable bonds is 8. The Morgan fingerprint density at radius 3 is 2.33 bits per heavy atom. The van der Waals surface area contributed by atoms with Crippen LogP contribution in [0, 0.1) is 3.57 Å². The van der Waals surface area contributed by atoms with E-state index in [-0.39, 0.29) is 5.91 Å². The molecule has 5 heteroatoms. The molecule has 1 amide bonds. The van der Waals surface area contributed by atoms with Crippen molar-refractivity contribution in [1.29, 1.82) is 0 Å². The zero-order chi connectivity index (χ0) is 15.8. The summed E-state index contributed by atoms with van der Waals surface area (Å²) in [5.41, 5.74) is 0.649. The van der Waals surface area contributed by atoms with Gasteiger partial charge in [-0.2, -0.15) is 0 Å². The largest absolute Gasteiger partial charge is 0.490 e. The molecule has 21 heavy (non-hydrogen) atoms. The fourth-order valence-electron chi connectivity index (χ4n) is 1.99. The molecule has 0 saturated heterocycles. The lowest BCUT2D eigenvalue weighted by molar-refractivity contribution is 0.0772. The van der Waals surface area contributed by atoms with Crippen LogP contribution in [0.2, 0.25) is 0 Å². The van der Waals surface area contributed by atoms with Gasteiger partial charge in [0.25, 0.3) is 5.91 Å². The van der Waals surface area contributed by atoms with Gasteiger partial charge in [-0.1, -0.05) is 6.92 Å². The average molecular weight is 405 g/mol. The van der Waals surface area contributed by atoms with Gasteiger partial charge in [-0.05, 0) is 61.9 Å². The molecule has 0 saturated carbocycles. The molecule has 0 aliphatic carbocycles. The van der Waals surface area contributed by atoms with Crippen LogP contribution in [-0.4, -0.2) is 37.1 Å². The van der Waals surface area contributed by atoms with Crippen molar-refractivity contribution in [2.45, 2.75) is 34.1 Å². The highest BCUT2D eigenvalue weighted by Crippen LogP contribution is 2.34. The second kappa shape index (κ2) is 9.12. The van der Waals surface area contributed by atoms with E-state index in [0.717, 1.165) is 15.7 Å². The summed E-state index contributed by atoms with van der Waals surface area (Å²) in [6, 6.07) is 3.66. The van der Waals surface area contributed by atoms with Crippen LogP contribution in [-0.2, 0) is 0 Å². The second-order valence-electron chi connectivity index (χ2n) is 4.54. The van der Waals surface area contributed by atoms with Crippen LogP contribution in [0.4, 0.5) is 0 Å². The van der Waals surface area contributed by atoms with Crippen molar-refractivity contribution >= 4 is 28.5 Å². The van der Waals surface area contributed by atoms with Gasteiger partial charge in [-0.15, -0.1) is 0 Å². The Balaban J connectivity index is 3.16. The first-order valence-electron chi connectivity index (χ1n) is 7.47. The summed E-state index contributed by atoms with van der Waals surface area (Å²) in [6.45, 7) is 10.5. The van der Waals surface area contributed by atoms with Gasteiger partial charge in [-0.25, -0.2) is 0 Å². The van der Waals surface area contributed by atoms with Crippen LogP contribution in [0.25, 0.3) is 0 Å². The summed E-state index contributed by atoms with van der Waals surface area (Å²) in [5, 5.41) is 0. The minimum Gasteiger partial charge on any atom is -0.490 e. The molecule has 1 aromatic carbocycles. The van der Waals surface area contributed by atoms with Gasteiger partial charge in [0.05, 0.1) is 16.8 Å². The van der Waals surface area contributed by atoms with Crippen molar-refractivity contribution in [3.63, 3.8) is 0 Å². The lowest BCUT2D eigenvalue weighted by atomic mass is 10.1. The smallest absolute Gasteiger partial charge is 0.254 e. The first-order chi connectivity index (χ1) is 10.1. The molecule has 118 valence electrons. The maximum atomic E-state index is 12.5. The van der Waals surface area contributed by atoms with Gasteiger partial charge in [0.1, 0.15) is 0 Å². The number of ether oxygens (including phenoxy) is 2. The predicted molar refractivity (Wildman–Crippen MR) is 93.4 cm³/mol. The van der Waals surface area contributed by atoms with E-state index in [4.69, 9.17) is 9.47 Å². The summed E-state index contributed by atoms with van der Waals surface area (Å²) in [5.74, 6) is 1.41. The van der Waals surface area contributed by atoms with Crippen LogP contribution in [0.3, 0.4) is 0 Å². The number of amides is 1. The van der Waals surface area contributed by atoms with Crippen molar-refractivity contribution in [2.24, 2.45) is 0 Å². The Morgan fingerprint density at radius 2 is 1.81 bits per heavy atom. The molecule has 0 fully saturated rings. The average Bonchev–Trinajstić information content (AvgIpc) is 2.47. The number of carbonyl (C=O) groups is 1. The minimum absolute atomic E-state index is 0.0286. The first kappa shape index (κ1) is 18.1. The van der Waals surface area contributed by atoms with Crippen LogP contribution < -0.4 is 9.47 Å². The van der Waals surface area contributed by atoms with E-state index in [0.29, 0.717) is 37.6 Å².